The van der Waals surface area contributed by atoms with Gasteiger partial charge in [-0.25, -0.2) is 13.2 Å². The number of rotatable bonds is 15. The van der Waals surface area contributed by atoms with Gasteiger partial charge in [-0.15, -0.1) is 0 Å². The Kier molecular flexibility index (Phi) is 10.7. The van der Waals surface area contributed by atoms with Crippen molar-refractivity contribution < 1.29 is 36.2 Å². The van der Waals surface area contributed by atoms with Gasteiger partial charge >= 0.3 is 6.01 Å². The van der Waals surface area contributed by atoms with Crippen molar-refractivity contribution in [2.24, 2.45) is 5.73 Å². The second-order valence-electron chi connectivity index (χ2n) is 7.20. The van der Waals surface area contributed by atoms with Gasteiger partial charge in [-0.2, -0.15) is 23.7 Å². The third kappa shape index (κ3) is 8.16. The molecule has 0 bridgehead atoms. The van der Waals surface area contributed by atoms with Crippen LogP contribution in [0.4, 0.5) is 33.8 Å². The van der Waals surface area contributed by atoms with Crippen LogP contribution in [0, 0.1) is 29.1 Å². The number of nitrogens with zero attached hydrogens (tertiary/aromatic N) is 4. The van der Waals surface area contributed by atoms with E-state index < -0.39 is 40.8 Å². The number of pyridine rings is 1. The van der Waals surface area contributed by atoms with Gasteiger partial charge in [0.25, 0.3) is 0 Å². The smallest absolute Gasteiger partial charge is 0.328 e. The largest absolute Gasteiger partial charge is 0.418 e. The lowest BCUT2D eigenvalue weighted by Gasteiger charge is -2.12. The zero-order chi connectivity index (χ0) is 26.6. The summed E-state index contributed by atoms with van der Waals surface area (Å²) in [6.07, 6.45) is 2.10. The maximum atomic E-state index is 14.1. The molecule has 2 heterocycles. The van der Waals surface area contributed by atoms with Crippen molar-refractivity contribution in [2.45, 2.75) is 6.42 Å². The van der Waals surface area contributed by atoms with Crippen molar-refractivity contribution in [3.8, 4) is 11.8 Å². The highest BCUT2D eigenvalue weighted by molar-refractivity contribution is 5.38. The van der Waals surface area contributed by atoms with Crippen molar-refractivity contribution in [1.29, 1.82) is 0 Å². The molecule has 0 saturated heterocycles. The molecule has 0 fully saturated rings. The lowest BCUT2D eigenvalue weighted by atomic mass is 10.2. The molecule has 3 rings (SSSR count). The SMILES string of the molecule is NCCOCCOCCNc1nc(NCCc2ccccn2)nc(Oc2c(F)c(F)c(F)c(F)c2F)n1. The number of nitrogens with two attached hydrogens (primary N) is 1. The fraction of sp³-hybridized carbons (Fsp3) is 0.364. The van der Waals surface area contributed by atoms with Crippen molar-refractivity contribution in [3.05, 3.63) is 59.2 Å². The molecule has 0 amide bonds. The number of ether oxygens (including phenoxy) is 3. The highest BCUT2D eigenvalue weighted by Crippen LogP contribution is 2.32. The van der Waals surface area contributed by atoms with E-state index in [-0.39, 0.29) is 25.0 Å². The van der Waals surface area contributed by atoms with Crippen LogP contribution in [0.25, 0.3) is 0 Å². The van der Waals surface area contributed by atoms with Gasteiger partial charge in [0.2, 0.25) is 46.7 Å². The second-order valence-corrected chi connectivity index (χ2v) is 7.20. The normalized spacial score (nSPS) is 11.0. The van der Waals surface area contributed by atoms with Crippen LogP contribution in [-0.4, -0.2) is 66.0 Å². The lowest BCUT2D eigenvalue weighted by molar-refractivity contribution is 0.0547. The first-order valence-electron chi connectivity index (χ1n) is 11.1. The number of aromatic nitrogens is 4. The summed E-state index contributed by atoms with van der Waals surface area (Å²) in [5.41, 5.74) is 6.09. The molecule has 0 saturated carbocycles. The van der Waals surface area contributed by atoms with E-state index in [2.05, 4.69) is 30.6 Å². The van der Waals surface area contributed by atoms with Crippen LogP contribution in [0.3, 0.4) is 0 Å². The van der Waals surface area contributed by atoms with Crippen LogP contribution in [0.15, 0.2) is 24.4 Å². The maximum absolute atomic E-state index is 14.1. The Morgan fingerprint density at radius 1 is 0.730 bits per heavy atom. The van der Waals surface area contributed by atoms with Gasteiger partial charge < -0.3 is 30.6 Å². The molecule has 0 atom stereocenters. The quantitative estimate of drug-likeness (QED) is 0.117. The van der Waals surface area contributed by atoms with E-state index in [9.17, 15) is 22.0 Å². The van der Waals surface area contributed by atoms with Crippen LogP contribution >= 0.6 is 0 Å². The molecule has 37 heavy (non-hydrogen) atoms. The summed E-state index contributed by atoms with van der Waals surface area (Å²) in [4.78, 5) is 16.0. The molecule has 1 aromatic carbocycles. The molecule has 3 aromatic rings. The topological polar surface area (TPSA) is 129 Å². The Balaban J connectivity index is 1.71. The Bertz CT molecular complexity index is 1130. The van der Waals surface area contributed by atoms with Crippen LogP contribution < -0.4 is 21.1 Å². The van der Waals surface area contributed by atoms with Gasteiger partial charge in [-0.05, 0) is 12.1 Å². The summed E-state index contributed by atoms with van der Waals surface area (Å²) in [5, 5.41) is 5.68. The summed E-state index contributed by atoms with van der Waals surface area (Å²) < 4.78 is 84.1. The molecule has 0 aliphatic rings. The summed E-state index contributed by atoms with van der Waals surface area (Å²) >= 11 is 0. The van der Waals surface area contributed by atoms with Crippen molar-refractivity contribution >= 4 is 11.9 Å². The zero-order valence-corrected chi connectivity index (χ0v) is 19.4. The summed E-state index contributed by atoms with van der Waals surface area (Å²) in [5.74, 6) is -12.7. The standard InChI is InChI=1S/C22H24F5N7O3/c23-14-15(24)17(26)19(18(27)16(14)25)37-22-33-20(30-7-4-13-3-1-2-6-29-13)32-21(34-22)31-8-10-36-12-11-35-9-5-28/h1-3,6H,4-5,7-12,28H2,(H2,30,31,32,33,34). The van der Waals surface area contributed by atoms with Crippen molar-refractivity contribution in [2.75, 3.05) is 56.7 Å². The minimum atomic E-state index is -2.31. The summed E-state index contributed by atoms with van der Waals surface area (Å²) in [7, 11) is 0. The van der Waals surface area contributed by atoms with Gasteiger partial charge in [-0.3, -0.25) is 4.98 Å². The molecule has 0 spiro atoms. The molecule has 2 aromatic heterocycles. The number of hydrogen-bond donors (Lipinski definition) is 3. The van der Waals surface area contributed by atoms with E-state index in [4.69, 9.17) is 19.9 Å². The monoisotopic (exact) mass is 529 g/mol. The zero-order valence-electron chi connectivity index (χ0n) is 19.4. The van der Waals surface area contributed by atoms with Crippen LogP contribution in [-0.2, 0) is 15.9 Å². The molecule has 4 N–H and O–H groups in total. The van der Waals surface area contributed by atoms with E-state index in [1.165, 1.54) is 0 Å². The minimum Gasteiger partial charge on any atom is -0.418 e. The van der Waals surface area contributed by atoms with Crippen molar-refractivity contribution in [3.63, 3.8) is 0 Å². The first-order chi connectivity index (χ1) is 17.9. The highest BCUT2D eigenvalue weighted by atomic mass is 19.2. The first-order valence-corrected chi connectivity index (χ1v) is 11.1. The molecule has 0 unspecified atom stereocenters. The Morgan fingerprint density at radius 2 is 1.35 bits per heavy atom. The van der Waals surface area contributed by atoms with Gasteiger partial charge in [0.1, 0.15) is 0 Å². The van der Waals surface area contributed by atoms with Crippen LogP contribution in [0.1, 0.15) is 5.69 Å². The lowest BCUT2D eigenvalue weighted by Crippen LogP contribution is -2.17. The van der Waals surface area contributed by atoms with E-state index in [0.29, 0.717) is 39.3 Å². The Labute approximate surface area is 208 Å². The van der Waals surface area contributed by atoms with Crippen LogP contribution in [0.5, 0.6) is 11.8 Å². The maximum Gasteiger partial charge on any atom is 0.328 e. The number of anilines is 2. The molecule has 200 valence electrons. The van der Waals surface area contributed by atoms with Gasteiger partial charge in [-0.1, -0.05) is 6.07 Å². The number of nitrogens with one attached hydrogen (secondary N) is 2. The van der Waals surface area contributed by atoms with Gasteiger partial charge in [0.05, 0.1) is 26.4 Å². The summed E-state index contributed by atoms with van der Waals surface area (Å²) in [6.45, 7) is 2.20. The molecule has 0 aliphatic heterocycles. The number of benzene rings is 1. The first kappa shape index (κ1) is 27.9. The number of halogens is 5. The molecule has 10 nitrogen and oxygen atoms in total. The van der Waals surface area contributed by atoms with Crippen molar-refractivity contribution in [1.82, 2.24) is 19.9 Å². The van der Waals surface area contributed by atoms with E-state index in [1.807, 2.05) is 6.07 Å². The molecule has 0 radical (unpaired) electrons. The molecular weight excluding hydrogens is 505 g/mol. The average molecular weight is 529 g/mol. The third-order valence-corrected chi connectivity index (χ3v) is 4.53. The second kappa shape index (κ2) is 14.2. The fourth-order valence-corrected chi connectivity index (χ4v) is 2.81. The minimum absolute atomic E-state index is 0.0802. The predicted octanol–water partition coefficient (Wildman–Crippen LogP) is 2.81. The molecule has 15 heteroatoms. The third-order valence-electron chi connectivity index (χ3n) is 4.53. The highest BCUT2D eigenvalue weighted by Gasteiger charge is 2.28. The Morgan fingerprint density at radius 3 is 1.97 bits per heavy atom. The van der Waals surface area contributed by atoms with E-state index in [0.717, 1.165) is 5.69 Å². The van der Waals surface area contributed by atoms with Gasteiger partial charge in [0, 0.05) is 37.9 Å². The summed E-state index contributed by atoms with van der Waals surface area (Å²) in [6, 6.07) is 4.68. The fourth-order valence-electron chi connectivity index (χ4n) is 2.81. The number of hydrogen-bond acceptors (Lipinski definition) is 10. The van der Waals surface area contributed by atoms with E-state index >= 15 is 0 Å². The molecule has 0 aliphatic carbocycles. The predicted molar refractivity (Wildman–Crippen MR) is 122 cm³/mol. The molecular formula is C22H24F5N7O3. The average Bonchev–Trinajstić information content (AvgIpc) is 2.91. The van der Waals surface area contributed by atoms with Gasteiger partial charge in [0.15, 0.2) is 0 Å². The van der Waals surface area contributed by atoms with E-state index in [1.54, 1.807) is 18.3 Å². The van der Waals surface area contributed by atoms with Crippen LogP contribution in [0.2, 0.25) is 0 Å². The Hall–Kier alpha value is -3.69.